The number of nitrogens with one attached hydrogen (secondary N) is 2. The minimum atomic E-state index is -0.479. The number of methoxy groups -OCH3 is 1. The topological polar surface area (TPSA) is 54.3 Å². The third-order valence-electron chi connectivity index (χ3n) is 4.78. The second kappa shape index (κ2) is 11.9. The van der Waals surface area contributed by atoms with Gasteiger partial charge in [0.05, 0.1) is 6.61 Å². The van der Waals surface area contributed by atoms with Crippen LogP contribution in [0.25, 0.3) is 0 Å². The Labute approximate surface area is 136 Å². The summed E-state index contributed by atoms with van der Waals surface area (Å²) in [6.45, 7) is 1.76. The molecule has 1 aliphatic heterocycles. The number of hydrogen-bond acceptors (Lipinski definition) is 4. The van der Waals surface area contributed by atoms with E-state index in [0.29, 0.717) is 12.5 Å². The third-order valence-corrected chi connectivity index (χ3v) is 4.78. The van der Waals surface area contributed by atoms with Gasteiger partial charge in [-0.3, -0.25) is 5.41 Å². The van der Waals surface area contributed by atoms with E-state index in [0.717, 1.165) is 38.6 Å². The molecule has 0 aromatic rings. The summed E-state index contributed by atoms with van der Waals surface area (Å²) in [5.41, 5.74) is -0.479. The molecule has 1 heterocycles. The first-order chi connectivity index (χ1) is 10.7. The van der Waals surface area contributed by atoms with Gasteiger partial charge in [0, 0.05) is 7.11 Å². The average Bonchev–Trinajstić information content (AvgIpc) is 2.57. The highest BCUT2D eigenvalue weighted by molar-refractivity contribution is 5.82. The second-order valence-corrected chi connectivity index (χ2v) is 6.52. The highest BCUT2D eigenvalue weighted by Gasteiger charge is 2.36. The Bertz CT molecular complexity index is 297. The lowest BCUT2D eigenvalue weighted by molar-refractivity contribution is 0.00886. The zero-order valence-electron chi connectivity index (χ0n) is 14.7. The van der Waals surface area contributed by atoms with Gasteiger partial charge in [-0.15, -0.1) is 0 Å². The predicted molar refractivity (Wildman–Crippen MR) is 92.7 cm³/mol. The summed E-state index contributed by atoms with van der Waals surface area (Å²) < 4.78 is 11.6. The van der Waals surface area contributed by atoms with E-state index < -0.39 is 5.60 Å². The maximum absolute atomic E-state index is 8.36. The maximum atomic E-state index is 8.36. The van der Waals surface area contributed by atoms with E-state index in [2.05, 4.69) is 5.32 Å². The first kappa shape index (κ1) is 19.4. The normalized spacial score (nSPS) is 24.5. The number of unbranched alkanes of at least 4 members (excludes halogenated alkanes) is 3. The molecule has 0 spiro atoms. The lowest BCUT2D eigenvalue weighted by Crippen LogP contribution is -2.42. The Balaban J connectivity index is 2.48. The van der Waals surface area contributed by atoms with Crippen molar-refractivity contribution < 1.29 is 9.47 Å². The third kappa shape index (κ3) is 7.10. The summed E-state index contributed by atoms with van der Waals surface area (Å²) in [6, 6.07) is 0. The van der Waals surface area contributed by atoms with E-state index in [1.807, 2.05) is 7.05 Å². The summed E-state index contributed by atoms with van der Waals surface area (Å²) in [7, 11) is 3.75. The molecule has 1 unspecified atom stereocenters. The molecule has 1 fully saturated rings. The zero-order valence-corrected chi connectivity index (χ0v) is 14.7. The van der Waals surface area contributed by atoms with E-state index in [1.165, 1.54) is 44.9 Å². The van der Waals surface area contributed by atoms with Crippen LogP contribution in [0.1, 0.15) is 77.0 Å². The molecular weight excluding hydrogens is 276 g/mol. The van der Waals surface area contributed by atoms with Crippen molar-refractivity contribution in [2.45, 2.75) is 82.7 Å². The van der Waals surface area contributed by atoms with Crippen LogP contribution in [0, 0.1) is 5.41 Å². The summed E-state index contributed by atoms with van der Waals surface area (Å²) in [6.07, 6.45) is 13.9. The van der Waals surface area contributed by atoms with E-state index in [1.54, 1.807) is 7.11 Å². The van der Waals surface area contributed by atoms with Crippen LogP contribution in [0.4, 0.5) is 0 Å². The van der Waals surface area contributed by atoms with Crippen LogP contribution in [0.2, 0.25) is 0 Å². The molecular formula is C18H36N2O2. The lowest BCUT2D eigenvalue weighted by Gasteiger charge is -2.32. The Kier molecular flexibility index (Phi) is 10.5. The monoisotopic (exact) mass is 312 g/mol. The van der Waals surface area contributed by atoms with Crippen molar-refractivity contribution in [3.63, 3.8) is 0 Å². The molecule has 0 radical (unpaired) electrons. The van der Waals surface area contributed by atoms with E-state index in [9.17, 15) is 0 Å². The van der Waals surface area contributed by atoms with Gasteiger partial charge < -0.3 is 14.8 Å². The molecule has 0 amide bonds. The molecule has 130 valence electrons. The molecule has 1 rings (SSSR count). The minimum Gasteiger partial charge on any atom is -0.479 e. The van der Waals surface area contributed by atoms with Crippen molar-refractivity contribution in [1.29, 1.82) is 5.41 Å². The Hall–Kier alpha value is -0.610. The molecule has 4 heteroatoms. The molecule has 22 heavy (non-hydrogen) atoms. The summed E-state index contributed by atoms with van der Waals surface area (Å²) >= 11 is 0. The fraction of sp³-hybridized carbons (Fsp3) is 0.944. The van der Waals surface area contributed by atoms with Crippen LogP contribution in [0.3, 0.4) is 0 Å². The SMILES string of the molecule is CNCCCCCCC1(OC)CCCCCCCCOC1=N. The van der Waals surface area contributed by atoms with Gasteiger partial charge in [0.25, 0.3) is 0 Å². The number of hydrogen-bond donors (Lipinski definition) is 2. The van der Waals surface area contributed by atoms with Crippen molar-refractivity contribution in [3.05, 3.63) is 0 Å². The fourth-order valence-corrected chi connectivity index (χ4v) is 3.24. The van der Waals surface area contributed by atoms with Crippen molar-refractivity contribution in [2.24, 2.45) is 0 Å². The molecule has 0 aromatic heterocycles. The molecule has 1 saturated heterocycles. The highest BCUT2D eigenvalue weighted by atomic mass is 16.5. The second-order valence-electron chi connectivity index (χ2n) is 6.52. The molecule has 0 bridgehead atoms. The smallest absolute Gasteiger partial charge is 0.213 e. The molecule has 0 aromatic carbocycles. The summed E-state index contributed by atoms with van der Waals surface area (Å²) in [4.78, 5) is 0. The highest BCUT2D eigenvalue weighted by Crippen LogP contribution is 2.29. The van der Waals surface area contributed by atoms with Crippen LogP contribution < -0.4 is 5.32 Å². The van der Waals surface area contributed by atoms with Crippen molar-refractivity contribution in [3.8, 4) is 0 Å². The van der Waals surface area contributed by atoms with Gasteiger partial charge in [-0.25, -0.2) is 0 Å². The van der Waals surface area contributed by atoms with Crippen LogP contribution in [-0.4, -0.2) is 38.8 Å². The summed E-state index contributed by atoms with van der Waals surface area (Å²) in [5.74, 6) is 0.368. The predicted octanol–water partition coefficient (Wildman–Crippen LogP) is 4.28. The van der Waals surface area contributed by atoms with Gasteiger partial charge in [0.1, 0.15) is 5.60 Å². The number of ether oxygens (including phenoxy) is 2. The van der Waals surface area contributed by atoms with Gasteiger partial charge in [0.15, 0.2) is 0 Å². The fourth-order valence-electron chi connectivity index (χ4n) is 3.24. The lowest BCUT2D eigenvalue weighted by atomic mass is 9.89. The first-order valence-electron chi connectivity index (χ1n) is 9.17. The van der Waals surface area contributed by atoms with Gasteiger partial charge >= 0.3 is 0 Å². The molecule has 1 aliphatic rings. The van der Waals surface area contributed by atoms with Gasteiger partial charge in [-0.05, 0) is 39.3 Å². The van der Waals surface area contributed by atoms with Gasteiger partial charge in [-0.2, -0.15) is 0 Å². The van der Waals surface area contributed by atoms with Gasteiger partial charge in [0.2, 0.25) is 5.90 Å². The van der Waals surface area contributed by atoms with Crippen LogP contribution in [0.15, 0.2) is 0 Å². The minimum absolute atomic E-state index is 0.368. The quantitative estimate of drug-likeness (QED) is 0.658. The standard InChI is InChI=1S/C18H36N2O2/c1-20-15-11-7-6-10-14-18(21-2)13-9-5-3-4-8-12-16-22-17(18)19/h19-20H,3-16H2,1-2H3. The Morgan fingerprint density at radius 3 is 2.45 bits per heavy atom. The largest absolute Gasteiger partial charge is 0.479 e. The summed E-state index contributed by atoms with van der Waals surface area (Å²) in [5, 5.41) is 11.5. The maximum Gasteiger partial charge on any atom is 0.213 e. The van der Waals surface area contributed by atoms with Crippen molar-refractivity contribution >= 4 is 5.90 Å². The van der Waals surface area contributed by atoms with Crippen LogP contribution in [-0.2, 0) is 9.47 Å². The molecule has 2 N–H and O–H groups in total. The average molecular weight is 312 g/mol. The van der Waals surface area contributed by atoms with Gasteiger partial charge in [-0.1, -0.05) is 51.4 Å². The van der Waals surface area contributed by atoms with E-state index >= 15 is 0 Å². The van der Waals surface area contributed by atoms with Crippen LogP contribution >= 0.6 is 0 Å². The number of rotatable bonds is 8. The Morgan fingerprint density at radius 1 is 1.05 bits per heavy atom. The van der Waals surface area contributed by atoms with E-state index in [4.69, 9.17) is 14.9 Å². The first-order valence-corrected chi connectivity index (χ1v) is 9.17. The zero-order chi connectivity index (χ0) is 16.1. The van der Waals surface area contributed by atoms with Crippen molar-refractivity contribution in [2.75, 3.05) is 27.3 Å². The van der Waals surface area contributed by atoms with E-state index in [-0.39, 0.29) is 0 Å². The molecule has 4 nitrogen and oxygen atoms in total. The van der Waals surface area contributed by atoms with Crippen molar-refractivity contribution in [1.82, 2.24) is 5.32 Å². The van der Waals surface area contributed by atoms with Crippen LogP contribution in [0.5, 0.6) is 0 Å². The Morgan fingerprint density at radius 2 is 1.73 bits per heavy atom. The molecule has 1 atom stereocenters. The molecule has 0 aliphatic carbocycles. The molecule has 0 saturated carbocycles.